The van der Waals surface area contributed by atoms with Gasteiger partial charge in [-0.05, 0) is 12.5 Å². The molecule has 17 heavy (non-hydrogen) atoms. The summed E-state index contributed by atoms with van der Waals surface area (Å²) in [5.41, 5.74) is 5.55. The maximum atomic E-state index is 13.0. The largest absolute Gasteiger partial charge is 0.383 e. The van der Waals surface area contributed by atoms with Gasteiger partial charge in [-0.15, -0.1) is 0 Å². The average molecular weight is 241 g/mol. The minimum absolute atomic E-state index is 0.0103. The van der Waals surface area contributed by atoms with E-state index >= 15 is 0 Å². The number of anilines is 1. The quantitative estimate of drug-likeness (QED) is 0.804. The van der Waals surface area contributed by atoms with E-state index in [0.29, 0.717) is 13.0 Å². The van der Waals surface area contributed by atoms with E-state index in [0.717, 1.165) is 12.3 Å². The Balaban J connectivity index is 2.78. The smallest absolute Gasteiger partial charge is 0.255 e. The molecular weight excluding hydrogens is 225 g/mol. The van der Waals surface area contributed by atoms with Gasteiger partial charge in [0.1, 0.15) is 11.6 Å². The zero-order valence-corrected chi connectivity index (χ0v) is 9.87. The fourth-order valence-corrected chi connectivity index (χ4v) is 1.36. The first-order valence-electron chi connectivity index (χ1n) is 5.29. The first kappa shape index (κ1) is 13.4. The Labute approximate surface area is 99.2 Å². The van der Waals surface area contributed by atoms with Gasteiger partial charge in [-0.2, -0.15) is 0 Å². The number of methoxy groups -OCH3 is 1. The van der Waals surface area contributed by atoms with Crippen LogP contribution in [0.5, 0.6) is 0 Å². The zero-order chi connectivity index (χ0) is 12.8. The highest BCUT2D eigenvalue weighted by molar-refractivity contribution is 5.98. The fraction of sp³-hybridized carbons (Fsp3) is 0.455. The predicted octanol–water partition coefficient (Wildman–Crippen LogP) is 0.958. The molecule has 0 bridgehead atoms. The summed E-state index contributed by atoms with van der Waals surface area (Å²) >= 11 is 0. The summed E-state index contributed by atoms with van der Waals surface area (Å²) in [4.78, 5) is 15.4. The van der Waals surface area contributed by atoms with E-state index in [2.05, 4.69) is 10.3 Å². The van der Waals surface area contributed by atoms with Crippen LogP contribution in [0.2, 0.25) is 0 Å². The number of nitrogens with zero attached hydrogens (tertiary/aromatic N) is 1. The second-order valence-corrected chi connectivity index (χ2v) is 3.62. The lowest BCUT2D eigenvalue weighted by Gasteiger charge is -2.16. The van der Waals surface area contributed by atoms with Crippen LogP contribution >= 0.6 is 0 Å². The highest BCUT2D eigenvalue weighted by atomic mass is 19.1. The van der Waals surface area contributed by atoms with E-state index in [9.17, 15) is 9.18 Å². The average Bonchev–Trinajstić information content (AvgIpc) is 2.31. The van der Waals surface area contributed by atoms with Crippen molar-refractivity contribution in [1.82, 2.24) is 10.3 Å². The zero-order valence-electron chi connectivity index (χ0n) is 9.87. The number of rotatable bonds is 5. The molecule has 1 rings (SSSR count). The molecule has 0 radical (unpaired) electrons. The summed E-state index contributed by atoms with van der Waals surface area (Å²) in [6.45, 7) is 2.31. The third kappa shape index (κ3) is 3.67. The van der Waals surface area contributed by atoms with Gasteiger partial charge in [-0.1, -0.05) is 6.92 Å². The standard InChI is InChI=1S/C11H16FN3O2/c1-3-8(6-17-2)15-11(16)9-4-7(12)5-14-10(9)13/h4-5,8H,3,6H2,1-2H3,(H2,13,14)(H,15,16). The normalized spacial score (nSPS) is 12.2. The Morgan fingerprint density at radius 3 is 3.00 bits per heavy atom. The monoisotopic (exact) mass is 241 g/mol. The van der Waals surface area contributed by atoms with Crippen LogP contribution in [0, 0.1) is 5.82 Å². The van der Waals surface area contributed by atoms with Crippen LogP contribution in [0.3, 0.4) is 0 Å². The molecule has 1 heterocycles. The number of hydrogen-bond donors (Lipinski definition) is 2. The molecule has 1 atom stereocenters. The highest BCUT2D eigenvalue weighted by Crippen LogP contribution is 2.10. The van der Waals surface area contributed by atoms with Crippen molar-refractivity contribution >= 4 is 11.7 Å². The number of ether oxygens (including phenoxy) is 1. The maximum Gasteiger partial charge on any atom is 0.255 e. The van der Waals surface area contributed by atoms with Gasteiger partial charge in [-0.25, -0.2) is 9.37 Å². The number of halogens is 1. The summed E-state index contributed by atoms with van der Waals surface area (Å²) in [7, 11) is 1.55. The van der Waals surface area contributed by atoms with Gasteiger partial charge in [0.25, 0.3) is 5.91 Å². The number of carbonyl (C=O) groups is 1. The number of carbonyl (C=O) groups excluding carboxylic acids is 1. The lowest BCUT2D eigenvalue weighted by Crippen LogP contribution is -2.38. The third-order valence-corrected chi connectivity index (χ3v) is 2.33. The van der Waals surface area contributed by atoms with Crippen molar-refractivity contribution < 1.29 is 13.9 Å². The van der Waals surface area contributed by atoms with Crippen molar-refractivity contribution in [3.63, 3.8) is 0 Å². The minimum atomic E-state index is -0.593. The van der Waals surface area contributed by atoms with Gasteiger partial charge >= 0.3 is 0 Å². The summed E-state index contributed by atoms with van der Waals surface area (Å²) in [5, 5.41) is 2.70. The van der Waals surface area contributed by atoms with Crippen molar-refractivity contribution in [3.8, 4) is 0 Å². The number of aromatic nitrogens is 1. The van der Waals surface area contributed by atoms with Crippen LogP contribution < -0.4 is 11.1 Å². The van der Waals surface area contributed by atoms with E-state index in [1.807, 2.05) is 6.92 Å². The van der Waals surface area contributed by atoms with E-state index in [1.54, 1.807) is 7.11 Å². The molecule has 0 saturated heterocycles. The van der Waals surface area contributed by atoms with Crippen LogP contribution in [-0.2, 0) is 4.74 Å². The molecule has 0 aliphatic rings. The first-order valence-corrected chi connectivity index (χ1v) is 5.29. The lowest BCUT2D eigenvalue weighted by molar-refractivity contribution is 0.0895. The van der Waals surface area contributed by atoms with Crippen LogP contribution in [0.25, 0.3) is 0 Å². The first-order chi connectivity index (χ1) is 8.08. The van der Waals surface area contributed by atoms with Crippen LogP contribution in [-0.4, -0.2) is 30.6 Å². The second kappa shape index (κ2) is 6.15. The van der Waals surface area contributed by atoms with Crippen LogP contribution in [0.1, 0.15) is 23.7 Å². The van der Waals surface area contributed by atoms with E-state index in [1.165, 1.54) is 0 Å². The molecule has 1 amide bonds. The Bertz CT molecular complexity index is 398. The van der Waals surface area contributed by atoms with Crippen molar-refractivity contribution in [2.75, 3.05) is 19.5 Å². The van der Waals surface area contributed by atoms with Crippen molar-refractivity contribution in [2.24, 2.45) is 0 Å². The highest BCUT2D eigenvalue weighted by Gasteiger charge is 2.15. The molecule has 0 aromatic carbocycles. The Morgan fingerprint density at radius 1 is 1.71 bits per heavy atom. The molecule has 1 unspecified atom stereocenters. The van der Waals surface area contributed by atoms with Gasteiger partial charge in [0, 0.05) is 7.11 Å². The van der Waals surface area contributed by atoms with E-state index < -0.39 is 11.7 Å². The van der Waals surface area contributed by atoms with Gasteiger partial charge in [0.05, 0.1) is 24.4 Å². The van der Waals surface area contributed by atoms with Crippen LogP contribution in [0.15, 0.2) is 12.3 Å². The summed E-state index contributed by atoms with van der Waals surface area (Å²) in [5.74, 6) is -1.03. The summed E-state index contributed by atoms with van der Waals surface area (Å²) < 4.78 is 17.9. The molecular formula is C11H16FN3O2. The topological polar surface area (TPSA) is 77.2 Å². The minimum Gasteiger partial charge on any atom is -0.383 e. The second-order valence-electron chi connectivity index (χ2n) is 3.62. The molecule has 0 saturated carbocycles. The molecule has 1 aromatic heterocycles. The number of pyridine rings is 1. The van der Waals surface area contributed by atoms with Gasteiger partial charge < -0.3 is 15.8 Å². The van der Waals surface area contributed by atoms with Crippen molar-refractivity contribution in [1.29, 1.82) is 0 Å². The number of hydrogen-bond acceptors (Lipinski definition) is 4. The molecule has 3 N–H and O–H groups in total. The Kier molecular flexibility index (Phi) is 4.84. The fourth-order valence-electron chi connectivity index (χ4n) is 1.36. The molecule has 0 aliphatic heterocycles. The van der Waals surface area contributed by atoms with Crippen molar-refractivity contribution in [2.45, 2.75) is 19.4 Å². The number of nitrogens with two attached hydrogens (primary N) is 1. The molecule has 6 heteroatoms. The summed E-state index contributed by atoms with van der Waals surface area (Å²) in [6.07, 6.45) is 1.68. The molecule has 94 valence electrons. The van der Waals surface area contributed by atoms with E-state index in [4.69, 9.17) is 10.5 Å². The number of amides is 1. The predicted molar refractivity (Wildman–Crippen MR) is 62.0 cm³/mol. The van der Waals surface area contributed by atoms with Gasteiger partial charge in [0.2, 0.25) is 0 Å². The maximum absolute atomic E-state index is 13.0. The molecule has 0 fully saturated rings. The SMILES string of the molecule is CCC(COC)NC(=O)c1cc(F)cnc1N. The number of nitrogens with one attached hydrogen (secondary N) is 1. The van der Waals surface area contributed by atoms with Gasteiger partial charge in [0.15, 0.2) is 0 Å². The molecule has 5 nitrogen and oxygen atoms in total. The molecule has 1 aromatic rings. The Hall–Kier alpha value is -1.69. The molecule has 0 spiro atoms. The third-order valence-electron chi connectivity index (χ3n) is 2.33. The van der Waals surface area contributed by atoms with Crippen molar-refractivity contribution in [3.05, 3.63) is 23.6 Å². The lowest BCUT2D eigenvalue weighted by atomic mass is 10.2. The molecule has 0 aliphatic carbocycles. The van der Waals surface area contributed by atoms with Gasteiger partial charge in [-0.3, -0.25) is 4.79 Å². The summed E-state index contributed by atoms with van der Waals surface area (Å²) in [6, 6.07) is 0.937. The van der Waals surface area contributed by atoms with E-state index in [-0.39, 0.29) is 17.4 Å². The number of nitrogen functional groups attached to an aromatic ring is 1. The van der Waals surface area contributed by atoms with Crippen LogP contribution in [0.4, 0.5) is 10.2 Å². The Morgan fingerprint density at radius 2 is 2.41 bits per heavy atom.